The molecular weight excluding hydrogens is 296 g/mol. The van der Waals surface area contributed by atoms with Crippen LogP contribution in [0.5, 0.6) is 0 Å². The normalized spacial score (nSPS) is 33.2. The van der Waals surface area contributed by atoms with Crippen LogP contribution in [0.25, 0.3) is 0 Å². The third-order valence-corrected chi connectivity index (χ3v) is 7.65. The van der Waals surface area contributed by atoms with E-state index in [4.69, 9.17) is 4.74 Å². The summed E-state index contributed by atoms with van der Waals surface area (Å²) in [6.07, 6.45) is 1.01. The Kier molecular flexibility index (Phi) is 6.16. The summed E-state index contributed by atoms with van der Waals surface area (Å²) in [6, 6.07) is 0.434. The largest absolute Gasteiger partial charge is 0.381 e. The Bertz CT molecular complexity index is 402. The van der Waals surface area contributed by atoms with Crippen LogP contribution in [0.2, 0.25) is 0 Å². The van der Waals surface area contributed by atoms with Gasteiger partial charge in [0.1, 0.15) is 5.37 Å². The lowest BCUT2D eigenvalue weighted by atomic mass is 9.95. The summed E-state index contributed by atoms with van der Waals surface area (Å²) in [5, 5.41) is 3.04. The molecule has 0 aromatic rings. The zero-order valence-corrected chi connectivity index (χ0v) is 14.0. The van der Waals surface area contributed by atoms with Crippen molar-refractivity contribution in [3.8, 4) is 0 Å². The van der Waals surface area contributed by atoms with Gasteiger partial charge in [-0.2, -0.15) is 11.8 Å². The maximum atomic E-state index is 12.3. The smallest absolute Gasteiger partial charge is 0.166 e. The van der Waals surface area contributed by atoms with Gasteiger partial charge in [-0.1, -0.05) is 6.92 Å². The SMILES string of the molecule is CCS(=O)(=O)C1CSCCN1CC1COCCC1NC. The molecule has 118 valence electrons. The van der Waals surface area contributed by atoms with Crippen molar-refractivity contribution in [2.45, 2.75) is 24.8 Å². The molecule has 0 aromatic heterocycles. The first-order valence-electron chi connectivity index (χ1n) is 7.37. The molecule has 20 heavy (non-hydrogen) atoms. The Morgan fingerprint density at radius 2 is 2.25 bits per heavy atom. The zero-order chi connectivity index (χ0) is 14.6. The second kappa shape index (κ2) is 7.45. The molecule has 2 aliphatic rings. The van der Waals surface area contributed by atoms with Crippen molar-refractivity contribution in [2.24, 2.45) is 5.92 Å². The van der Waals surface area contributed by atoms with E-state index in [9.17, 15) is 8.42 Å². The molecule has 2 heterocycles. The third-order valence-electron chi connectivity index (χ3n) is 4.32. The molecule has 2 saturated heterocycles. The highest BCUT2D eigenvalue weighted by Gasteiger charge is 2.36. The van der Waals surface area contributed by atoms with E-state index in [1.54, 1.807) is 18.7 Å². The number of hydrogen-bond acceptors (Lipinski definition) is 6. The fourth-order valence-corrected chi connectivity index (χ4v) is 6.10. The lowest BCUT2D eigenvalue weighted by Crippen LogP contribution is -2.53. The number of rotatable bonds is 5. The first-order valence-corrected chi connectivity index (χ1v) is 10.2. The lowest BCUT2D eigenvalue weighted by molar-refractivity contribution is 0.0178. The van der Waals surface area contributed by atoms with Gasteiger partial charge in [-0.05, 0) is 13.5 Å². The average Bonchev–Trinajstić information content (AvgIpc) is 2.48. The second-order valence-corrected chi connectivity index (χ2v) is 9.09. The number of nitrogens with one attached hydrogen (secondary N) is 1. The molecule has 1 N–H and O–H groups in total. The summed E-state index contributed by atoms with van der Waals surface area (Å²) in [4.78, 5) is 2.17. The van der Waals surface area contributed by atoms with Crippen LogP contribution in [0.15, 0.2) is 0 Å². The highest BCUT2D eigenvalue weighted by atomic mass is 32.2. The fraction of sp³-hybridized carbons (Fsp3) is 1.00. The molecule has 0 spiro atoms. The van der Waals surface area contributed by atoms with Gasteiger partial charge in [0.2, 0.25) is 0 Å². The summed E-state index contributed by atoms with van der Waals surface area (Å²) < 4.78 is 30.1. The molecule has 7 heteroatoms. The van der Waals surface area contributed by atoms with Crippen molar-refractivity contribution < 1.29 is 13.2 Å². The predicted octanol–water partition coefficient (Wildman–Crippen LogP) is 0.421. The van der Waals surface area contributed by atoms with Crippen LogP contribution >= 0.6 is 11.8 Å². The Morgan fingerprint density at radius 1 is 1.45 bits per heavy atom. The van der Waals surface area contributed by atoms with Crippen molar-refractivity contribution in [2.75, 3.05) is 50.6 Å². The fourth-order valence-electron chi connectivity index (χ4n) is 3.01. The highest BCUT2D eigenvalue weighted by Crippen LogP contribution is 2.24. The highest BCUT2D eigenvalue weighted by molar-refractivity contribution is 8.01. The van der Waals surface area contributed by atoms with Crippen LogP contribution in [-0.2, 0) is 14.6 Å². The molecule has 0 radical (unpaired) electrons. The minimum atomic E-state index is -3.00. The van der Waals surface area contributed by atoms with Crippen LogP contribution in [-0.4, -0.2) is 75.3 Å². The summed E-state index contributed by atoms with van der Waals surface area (Å²) in [7, 11) is -1.02. The van der Waals surface area contributed by atoms with E-state index in [2.05, 4.69) is 10.2 Å². The molecule has 2 aliphatic heterocycles. The Labute approximate surface area is 126 Å². The van der Waals surface area contributed by atoms with E-state index in [-0.39, 0.29) is 11.1 Å². The molecule has 3 atom stereocenters. The van der Waals surface area contributed by atoms with Gasteiger partial charge in [0.15, 0.2) is 9.84 Å². The van der Waals surface area contributed by atoms with Crippen molar-refractivity contribution in [1.29, 1.82) is 0 Å². The van der Waals surface area contributed by atoms with Crippen LogP contribution in [0.3, 0.4) is 0 Å². The van der Waals surface area contributed by atoms with E-state index in [0.29, 0.717) is 17.7 Å². The maximum absolute atomic E-state index is 12.3. The Hall–Kier alpha value is 0.180. The van der Waals surface area contributed by atoms with E-state index >= 15 is 0 Å². The number of hydrogen-bond donors (Lipinski definition) is 1. The third kappa shape index (κ3) is 3.88. The van der Waals surface area contributed by atoms with Gasteiger partial charge in [0.05, 0.1) is 6.61 Å². The van der Waals surface area contributed by atoms with E-state index in [1.165, 1.54) is 0 Å². The van der Waals surface area contributed by atoms with Crippen molar-refractivity contribution >= 4 is 21.6 Å². The zero-order valence-electron chi connectivity index (χ0n) is 12.4. The van der Waals surface area contributed by atoms with Gasteiger partial charge in [-0.3, -0.25) is 4.90 Å². The quantitative estimate of drug-likeness (QED) is 0.792. The van der Waals surface area contributed by atoms with Gasteiger partial charge in [-0.25, -0.2) is 8.42 Å². The first kappa shape index (κ1) is 16.5. The summed E-state index contributed by atoms with van der Waals surface area (Å²) >= 11 is 1.75. The maximum Gasteiger partial charge on any atom is 0.166 e. The van der Waals surface area contributed by atoms with Crippen molar-refractivity contribution in [3.63, 3.8) is 0 Å². The van der Waals surface area contributed by atoms with Gasteiger partial charge < -0.3 is 10.1 Å². The Balaban J connectivity index is 2.04. The van der Waals surface area contributed by atoms with E-state index in [1.807, 2.05) is 7.05 Å². The second-order valence-electron chi connectivity index (χ2n) is 5.49. The van der Waals surface area contributed by atoms with Crippen molar-refractivity contribution in [1.82, 2.24) is 10.2 Å². The number of thioether (sulfide) groups is 1. The average molecular weight is 322 g/mol. The molecular formula is C13H26N2O3S2. The summed E-state index contributed by atoms with van der Waals surface area (Å²) in [5.41, 5.74) is 0. The van der Waals surface area contributed by atoms with Crippen LogP contribution in [0.1, 0.15) is 13.3 Å². The molecule has 0 aliphatic carbocycles. The monoisotopic (exact) mass is 322 g/mol. The number of sulfone groups is 1. The van der Waals surface area contributed by atoms with Crippen LogP contribution in [0.4, 0.5) is 0 Å². The van der Waals surface area contributed by atoms with E-state index < -0.39 is 9.84 Å². The molecule has 0 bridgehead atoms. The van der Waals surface area contributed by atoms with Gasteiger partial charge in [0, 0.05) is 48.9 Å². The minimum absolute atomic E-state index is 0.228. The molecule has 3 unspecified atom stereocenters. The standard InChI is InChI=1S/C13H26N2O3S2/c1-3-20(16,17)13-10-19-7-5-15(13)8-11-9-18-6-4-12(11)14-2/h11-14H,3-10H2,1-2H3. The van der Waals surface area contributed by atoms with Crippen molar-refractivity contribution in [3.05, 3.63) is 0 Å². The first-order chi connectivity index (χ1) is 9.58. The topological polar surface area (TPSA) is 58.6 Å². The van der Waals surface area contributed by atoms with Gasteiger partial charge in [-0.15, -0.1) is 0 Å². The molecule has 0 amide bonds. The minimum Gasteiger partial charge on any atom is -0.381 e. The molecule has 0 saturated carbocycles. The van der Waals surface area contributed by atoms with Crippen LogP contribution < -0.4 is 5.32 Å². The summed E-state index contributed by atoms with van der Waals surface area (Å²) in [6.45, 7) is 4.95. The summed E-state index contributed by atoms with van der Waals surface area (Å²) in [5.74, 6) is 2.33. The molecule has 2 fully saturated rings. The van der Waals surface area contributed by atoms with Gasteiger partial charge in [0.25, 0.3) is 0 Å². The van der Waals surface area contributed by atoms with Crippen LogP contribution in [0, 0.1) is 5.92 Å². The lowest BCUT2D eigenvalue weighted by Gasteiger charge is -2.40. The van der Waals surface area contributed by atoms with Gasteiger partial charge >= 0.3 is 0 Å². The number of ether oxygens (including phenoxy) is 1. The molecule has 5 nitrogen and oxygen atoms in total. The molecule has 2 rings (SSSR count). The Morgan fingerprint density at radius 3 is 2.95 bits per heavy atom. The molecule has 0 aromatic carbocycles. The number of nitrogens with zero attached hydrogens (tertiary/aromatic N) is 1. The van der Waals surface area contributed by atoms with E-state index in [0.717, 1.165) is 38.5 Å². The predicted molar refractivity (Wildman–Crippen MR) is 83.9 cm³/mol.